The van der Waals surface area contributed by atoms with E-state index in [0.29, 0.717) is 28.1 Å². The zero-order valence-electron chi connectivity index (χ0n) is 27.6. The molecule has 4 heterocycles. The van der Waals surface area contributed by atoms with Crippen LogP contribution in [-0.4, -0.2) is 70.6 Å². The molecule has 2 aromatic carbocycles. The van der Waals surface area contributed by atoms with Gasteiger partial charge in [0.1, 0.15) is 4.99 Å². The van der Waals surface area contributed by atoms with Gasteiger partial charge in [-0.15, -0.1) is 11.3 Å². The number of carbonyl (C=O) groups is 2. The Kier molecular flexibility index (Phi) is 10.3. The number of rotatable bonds is 11. The van der Waals surface area contributed by atoms with Gasteiger partial charge in [-0.05, 0) is 87.2 Å². The minimum atomic E-state index is -0.0939. The number of ether oxygens (including phenoxy) is 1. The van der Waals surface area contributed by atoms with Gasteiger partial charge in [0.25, 0.3) is 5.91 Å². The van der Waals surface area contributed by atoms with E-state index in [2.05, 4.69) is 43.4 Å². The lowest BCUT2D eigenvalue weighted by Gasteiger charge is -2.51. The minimum Gasteiger partial charge on any atom is -0.389 e. The lowest BCUT2D eigenvalue weighted by Crippen LogP contribution is -2.51. The molecule has 2 amide bonds. The third kappa shape index (κ3) is 7.42. The summed E-state index contributed by atoms with van der Waals surface area (Å²) in [5, 5.41) is 10.3. The summed E-state index contributed by atoms with van der Waals surface area (Å²) in [5.74, 6) is 0.0765. The molecule has 49 heavy (non-hydrogen) atoms. The number of nitrogens with one attached hydrogen (secondary N) is 2. The Hall–Kier alpha value is -3.35. The predicted molar refractivity (Wildman–Crippen MR) is 199 cm³/mol. The van der Waals surface area contributed by atoms with Crippen LogP contribution in [0, 0.1) is 11.3 Å². The van der Waals surface area contributed by atoms with Crippen molar-refractivity contribution in [2.75, 3.05) is 39.4 Å². The maximum absolute atomic E-state index is 13.3. The van der Waals surface area contributed by atoms with Crippen molar-refractivity contribution in [2.24, 2.45) is 17.1 Å². The van der Waals surface area contributed by atoms with Gasteiger partial charge in [-0.1, -0.05) is 54.2 Å². The fourth-order valence-electron chi connectivity index (χ4n) is 7.88. The maximum Gasteiger partial charge on any atom is 0.280 e. The third-order valence-corrected chi connectivity index (χ3v) is 12.1. The summed E-state index contributed by atoms with van der Waals surface area (Å²) in [5.41, 5.74) is 11.1. The molecular formula is C37H43ClN6O3S2. The third-order valence-electron chi connectivity index (χ3n) is 10.7. The minimum absolute atomic E-state index is 0.0498. The van der Waals surface area contributed by atoms with Crippen molar-refractivity contribution in [3.8, 4) is 11.1 Å². The second-order valence-corrected chi connectivity index (χ2v) is 15.5. The van der Waals surface area contributed by atoms with E-state index in [1.807, 2.05) is 29.6 Å². The summed E-state index contributed by atoms with van der Waals surface area (Å²) in [6.45, 7) is 5.55. The Morgan fingerprint density at radius 2 is 1.92 bits per heavy atom. The average molecular weight is 719 g/mol. The number of likely N-dealkylation sites (tertiary alicyclic amines) is 1. The number of halogens is 1. The van der Waals surface area contributed by atoms with E-state index in [-0.39, 0.29) is 29.2 Å². The highest BCUT2D eigenvalue weighted by Crippen LogP contribution is 2.52. The second-order valence-electron chi connectivity index (χ2n) is 13.8. The normalized spacial score (nSPS) is 18.4. The van der Waals surface area contributed by atoms with Gasteiger partial charge in [0, 0.05) is 72.5 Å². The van der Waals surface area contributed by atoms with Crippen LogP contribution in [0.25, 0.3) is 22.0 Å². The first-order valence-corrected chi connectivity index (χ1v) is 18.9. The predicted octanol–water partition coefficient (Wildman–Crippen LogP) is 6.33. The van der Waals surface area contributed by atoms with E-state index in [0.717, 1.165) is 111 Å². The van der Waals surface area contributed by atoms with Gasteiger partial charge in [0.15, 0.2) is 5.01 Å². The molecule has 4 N–H and O–H groups in total. The van der Waals surface area contributed by atoms with Crippen molar-refractivity contribution < 1.29 is 14.3 Å². The zero-order valence-corrected chi connectivity index (χ0v) is 30.0. The number of benzene rings is 2. The van der Waals surface area contributed by atoms with Gasteiger partial charge in [0.05, 0.1) is 10.5 Å². The number of hydrogen-bond donors (Lipinski definition) is 3. The van der Waals surface area contributed by atoms with Crippen molar-refractivity contribution in [1.82, 2.24) is 25.1 Å². The SMILES string of the molecule is NC(=S)c1cccc(-c2cn(C3CCOCC3)c3c(Cl)c(CNC(=O)C4CC5(CCN(CCCNC(=O)c6nccs6)CC5)C4)ccc23)c1. The highest BCUT2D eigenvalue weighted by molar-refractivity contribution is 7.80. The van der Waals surface area contributed by atoms with Crippen LogP contribution in [0.2, 0.25) is 5.02 Å². The van der Waals surface area contributed by atoms with Crippen LogP contribution in [-0.2, 0) is 16.1 Å². The average Bonchev–Trinajstić information content (AvgIpc) is 3.79. The van der Waals surface area contributed by atoms with E-state index in [9.17, 15) is 9.59 Å². The molecule has 0 bridgehead atoms. The molecule has 2 aliphatic heterocycles. The molecule has 2 saturated heterocycles. The van der Waals surface area contributed by atoms with Gasteiger partial charge in [-0.3, -0.25) is 9.59 Å². The molecule has 7 rings (SSSR count). The molecule has 1 aliphatic carbocycles. The van der Waals surface area contributed by atoms with Crippen LogP contribution < -0.4 is 16.4 Å². The topological polar surface area (TPSA) is 115 Å². The Morgan fingerprint density at radius 3 is 2.65 bits per heavy atom. The van der Waals surface area contributed by atoms with E-state index >= 15 is 0 Å². The van der Waals surface area contributed by atoms with Crippen LogP contribution >= 0.6 is 35.2 Å². The molecule has 258 valence electrons. The van der Waals surface area contributed by atoms with Crippen LogP contribution in [0.5, 0.6) is 0 Å². The molecule has 12 heteroatoms. The van der Waals surface area contributed by atoms with Crippen molar-refractivity contribution in [3.05, 3.63) is 75.3 Å². The summed E-state index contributed by atoms with van der Waals surface area (Å²) in [7, 11) is 0. The molecule has 9 nitrogen and oxygen atoms in total. The van der Waals surface area contributed by atoms with Gasteiger partial charge >= 0.3 is 0 Å². The Labute approximate surface area is 301 Å². The number of amides is 2. The van der Waals surface area contributed by atoms with Crippen LogP contribution in [0.4, 0.5) is 0 Å². The van der Waals surface area contributed by atoms with E-state index < -0.39 is 0 Å². The summed E-state index contributed by atoms with van der Waals surface area (Å²) in [4.78, 5) is 32.3. The molecule has 1 saturated carbocycles. The molecule has 1 spiro atoms. The number of thiocarbonyl (C=S) groups is 1. The van der Waals surface area contributed by atoms with Crippen molar-refractivity contribution in [1.29, 1.82) is 0 Å². The monoisotopic (exact) mass is 718 g/mol. The van der Waals surface area contributed by atoms with Crippen LogP contribution in [0.1, 0.15) is 71.9 Å². The molecule has 3 fully saturated rings. The molecule has 3 aliphatic rings. The Morgan fingerprint density at radius 1 is 1.12 bits per heavy atom. The highest BCUT2D eigenvalue weighted by Gasteiger charge is 2.48. The smallest absolute Gasteiger partial charge is 0.280 e. The lowest BCUT2D eigenvalue weighted by atomic mass is 9.57. The number of carbonyl (C=O) groups excluding carboxylic acids is 2. The summed E-state index contributed by atoms with van der Waals surface area (Å²) < 4.78 is 7.98. The quantitative estimate of drug-likeness (QED) is 0.123. The first-order chi connectivity index (χ1) is 23.8. The van der Waals surface area contributed by atoms with Crippen molar-refractivity contribution >= 4 is 62.9 Å². The number of aromatic nitrogens is 2. The fraction of sp³-hybridized carbons (Fsp3) is 0.459. The molecule has 0 unspecified atom stereocenters. The number of piperidine rings is 1. The van der Waals surface area contributed by atoms with E-state index in [4.69, 9.17) is 34.3 Å². The molecular weight excluding hydrogens is 676 g/mol. The first kappa shape index (κ1) is 34.1. The van der Waals surface area contributed by atoms with Crippen LogP contribution in [0.3, 0.4) is 0 Å². The largest absolute Gasteiger partial charge is 0.389 e. The molecule has 2 aromatic heterocycles. The van der Waals surface area contributed by atoms with E-state index in [1.165, 1.54) is 11.3 Å². The number of hydrogen-bond acceptors (Lipinski definition) is 7. The molecule has 4 aromatic rings. The molecule has 0 atom stereocenters. The number of fused-ring (bicyclic) bond motifs is 1. The maximum atomic E-state index is 13.3. The fourth-order valence-corrected chi connectivity index (χ4v) is 8.89. The van der Waals surface area contributed by atoms with Crippen LogP contribution in [0.15, 0.2) is 54.2 Å². The van der Waals surface area contributed by atoms with Crippen molar-refractivity contribution in [3.63, 3.8) is 0 Å². The number of thiazole rings is 1. The lowest BCUT2D eigenvalue weighted by molar-refractivity contribution is -0.135. The van der Waals surface area contributed by atoms with Gasteiger partial charge < -0.3 is 30.6 Å². The zero-order chi connectivity index (χ0) is 34.0. The standard InChI is InChI=1S/C37H43ClN6O3S2/c38-31-26(5-6-29-30(24-3-1-4-25(19-24)33(39)48)23-44(32(29)31)28-7-16-47-17-8-28)22-42-34(45)27-20-37(21-27)9-14-43(15-10-37)13-2-11-40-35(46)36-41-12-18-49-36/h1,3-6,12,18-19,23,27-28H,2,7-11,13-17,20-22H2,(H2,39,48)(H,40,46)(H,42,45). The van der Waals surface area contributed by atoms with Gasteiger partial charge in [0.2, 0.25) is 5.91 Å². The van der Waals surface area contributed by atoms with E-state index in [1.54, 1.807) is 6.20 Å². The number of nitrogens with two attached hydrogens (primary N) is 1. The van der Waals surface area contributed by atoms with Gasteiger partial charge in [-0.25, -0.2) is 4.98 Å². The highest BCUT2D eigenvalue weighted by atomic mass is 35.5. The summed E-state index contributed by atoms with van der Waals surface area (Å²) >= 11 is 13.8. The number of nitrogens with zero attached hydrogens (tertiary/aromatic N) is 3. The van der Waals surface area contributed by atoms with Gasteiger partial charge in [-0.2, -0.15) is 0 Å². The summed E-state index contributed by atoms with van der Waals surface area (Å²) in [6, 6.07) is 12.5. The Balaban J connectivity index is 0.947. The first-order valence-electron chi connectivity index (χ1n) is 17.3. The molecule has 0 radical (unpaired) electrons. The second kappa shape index (κ2) is 14.9. The van der Waals surface area contributed by atoms with Crippen molar-refractivity contribution in [2.45, 2.75) is 57.5 Å². The summed E-state index contributed by atoms with van der Waals surface area (Å²) in [6.07, 6.45) is 10.7. The Bertz CT molecular complexity index is 1820.